The lowest BCUT2D eigenvalue weighted by atomic mass is 9.98. The van der Waals surface area contributed by atoms with Crippen molar-refractivity contribution in [3.05, 3.63) is 42.6 Å². The Hall–Kier alpha value is -2.65. The molecule has 0 radical (unpaired) electrons. The number of pyridine rings is 1. The van der Waals surface area contributed by atoms with Gasteiger partial charge < -0.3 is 19.1 Å². The Morgan fingerprint density at radius 2 is 1.83 bits per heavy atom. The average Bonchev–Trinajstić information content (AvgIpc) is 2.87. The second kappa shape index (κ2) is 12.9. The molecule has 0 aliphatic carbocycles. The van der Waals surface area contributed by atoms with Crippen molar-refractivity contribution in [3.63, 3.8) is 0 Å². The van der Waals surface area contributed by atoms with E-state index in [0.29, 0.717) is 61.8 Å². The molecule has 0 atom stereocenters. The molecule has 1 aliphatic rings. The molecule has 1 aromatic heterocycles. The quantitative estimate of drug-likeness (QED) is 0.418. The van der Waals surface area contributed by atoms with Crippen molar-refractivity contribution in [2.24, 2.45) is 11.8 Å². The Kier molecular flexibility index (Phi) is 9.92. The number of piperidine rings is 1. The van der Waals surface area contributed by atoms with E-state index in [1.54, 1.807) is 42.5 Å². The summed E-state index contributed by atoms with van der Waals surface area (Å²) in [5, 5.41) is 0. The van der Waals surface area contributed by atoms with Gasteiger partial charge >= 0.3 is 6.09 Å². The summed E-state index contributed by atoms with van der Waals surface area (Å²) >= 11 is 0. The third-order valence-corrected chi connectivity index (χ3v) is 7.72. The van der Waals surface area contributed by atoms with Crippen molar-refractivity contribution in [3.8, 4) is 17.0 Å². The maximum atomic E-state index is 12.4. The maximum Gasteiger partial charge on any atom is 0.409 e. The summed E-state index contributed by atoms with van der Waals surface area (Å²) < 4.78 is 41.0. The van der Waals surface area contributed by atoms with Crippen molar-refractivity contribution < 1.29 is 27.4 Å². The number of nitrogens with zero attached hydrogens (tertiary/aromatic N) is 2. The topological polar surface area (TPSA) is 95.0 Å². The smallest absolute Gasteiger partial charge is 0.409 e. The van der Waals surface area contributed by atoms with Crippen LogP contribution in [0.2, 0.25) is 0 Å². The Labute approximate surface area is 208 Å². The van der Waals surface area contributed by atoms with Crippen LogP contribution >= 0.6 is 0 Å². The molecule has 1 aromatic carbocycles. The summed E-state index contributed by atoms with van der Waals surface area (Å²) in [6.07, 6.45) is 3.68. The first-order valence-electron chi connectivity index (χ1n) is 12.1. The van der Waals surface area contributed by atoms with Gasteiger partial charge in [0, 0.05) is 32.4 Å². The van der Waals surface area contributed by atoms with Crippen LogP contribution in [0.15, 0.2) is 47.5 Å². The number of carbonyl (C=O) groups is 1. The van der Waals surface area contributed by atoms with Crippen molar-refractivity contribution in [2.45, 2.75) is 38.0 Å². The molecule has 2 aromatic rings. The summed E-state index contributed by atoms with van der Waals surface area (Å²) in [6.45, 7) is 6.84. The molecule has 3 rings (SSSR count). The monoisotopic (exact) mass is 504 g/mol. The minimum atomic E-state index is -3.32. The fraction of sp³-hybridized carbons (Fsp3) is 0.538. The molecule has 1 saturated heterocycles. The number of aromatic nitrogens is 1. The number of methoxy groups -OCH3 is 1. The molecule has 2 heterocycles. The molecule has 192 valence electrons. The predicted molar refractivity (Wildman–Crippen MR) is 134 cm³/mol. The van der Waals surface area contributed by atoms with Gasteiger partial charge in [-0.1, -0.05) is 26.0 Å². The standard InChI is InChI=1S/C26H36N2O6S/c1-20(2)18-34-26(29)28-13-11-21(12-14-28)19-33-23-7-10-25(27-17-23)22-5-8-24(9-6-22)35(30,31)16-4-15-32-3/h5-10,17,20-21H,4,11-16,18-19H2,1-3H3. The number of likely N-dealkylation sites (tertiary alicyclic amines) is 1. The van der Waals surface area contributed by atoms with Gasteiger partial charge in [0.25, 0.3) is 0 Å². The normalized spacial score (nSPS) is 14.8. The van der Waals surface area contributed by atoms with Gasteiger partial charge in [0.2, 0.25) is 0 Å². The van der Waals surface area contributed by atoms with E-state index in [0.717, 1.165) is 24.1 Å². The SMILES string of the molecule is COCCCS(=O)(=O)c1ccc(-c2ccc(OCC3CCN(C(=O)OCC(C)C)CC3)cn2)cc1. The molecule has 0 N–H and O–H groups in total. The van der Waals surface area contributed by atoms with E-state index in [1.807, 2.05) is 26.0 Å². The van der Waals surface area contributed by atoms with Crippen molar-refractivity contribution in [2.75, 3.05) is 45.8 Å². The van der Waals surface area contributed by atoms with Gasteiger partial charge in [-0.25, -0.2) is 13.2 Å². The van der Waals surface area contributed by atoms with Gasteiger partial charge in [-0.15, -0.1) is 0 Å². The number of benzene rings is 1. The first-order chi connectivity index (χ1) is 16.8. The van der Waals surface area contributed by atoms with Gasteiger partial charge in [0.15, 0.2) is 9.84 Å². The fourth-order valence-electron chi connectivity index (χ4n) is 3.81. The summed E-state index contributed by atoms with van der Waals surface area (Å²) in [5.41, 5.74) is 1.58. The van der Waals surface area contributed by atoms with E-state index in [1.165, 1.54) is 0 Å². The highest BCUT2D eigenvalue weighted by Gasteiger charge is 2.24. The first kappa shape index (κ1) is 26.9. The number of carbonyl (C=O) groups excluding carboxylic acids is 1. The molecule has 35 heavy (non-hydrogen) atoms. The van der Waals surface area contributed by atoms with Crippen molar-refractivity contribution >= 4 is 15.9 Å². The summed E-state index contributed by atoms with van der Waals surface area (Å²) in [5.74, 6) is 1.45. The van der Waals surface area contributed by atoms with Crippen LogP contribution in [0.1, 0.15) is 33.1 Å². The van der Waals surface area contributed by atoms with E-state index in [9.17, 15) is 13.2 Å². The molecule has 0 spiro atoms. The Morgan fingerprint density at radius 1 is 1.11 bits per heavy atom. The zero-order valence-corrected chi connectivity index (χ0v) is 21.6. The summed E-state index contributed by atoms with van der Waals surface area (Å²) in [4.78, 5) is 18.6. The van der Waals surface area contributed by atoms with Crippen molar-refractivity contribution in [1.82, 2.24) is 9.88 Å². The lowest BCUT2D eigenvalue weighted by molar-refractivity contribution is 0.0733. The molecule has 0 unspecified atom stereocenters. The lowest BCUT2D eigenvalue weighted by Crippen LogP contribution is -2.40. The zero-order valence-electron chi connectivity index (χ0n) is 20.8. The molecule has 9 heteroatoms. The molecule has 1 amide bonds. The Bertz CT molecular complexity index is 1030. The third-order valence-electron chi connectivity index (χ3n) is 5.91. The summed E-state index contributed by atoms with van der Waals surface area (Å²) in [7, 11) is -1.76. The van der Waals surface area contributed by atoms with Gasteiger partial charge in [0.05, 0.1) is 35.8 Å². The van der Waals surface area contributed by atoms with E-state index < -0.39 is 9.84 Å². The number of hydrogen-bond acceptors (Lipinski definition) is 7. The van der Waals surface area contributed by atoms with Crippen molar-refractivity contribution in [1.29, 1.82) is 0 Å². The highest BCUT2D eigenvalue weighted by atomic mass is 32.2. The maximum absolute atomic E-state index is 12.4. The van der Waals surface area contributed by atoms with Gasteiger partial charge in [-0.3, -0.25) is 4.98 Å². The fourth-order valence-corrected chi connectivity index (χ4v) is 5.09. The second-order valence-electron chi connectivity index (χ2n) is 9.28. The van der Waals surface area contributed by atoms with E-state index >= 15 is 0 Å². The van der Waals surface area contributed by atoms with Crippen LogP contribution in [0, 0.1) is 11.8 Å². The molecule has 1 aliphatic heterocycles. The highest BCUT2D eigenvalue weighted by molar-refractivity contribution is 7.91. The van der Waals surface area contributed by atoms with Gasteiger partial charge in [-0.05, 0) is 55.4 Å². The number of hydrogen-bond donors (Lipinski definition) is 0. The number of sulfone groups is 1. The number of amides is 1. The van der Waals surface area contributed by atoms with Crippen LogP contribution in [0.4, 0.5) is 4.79 Å². The molecular weight excluding hydrogens is 468 g/mol. The highest BCUT2D eigenvalue weighted by Crippen LogP contribution is 2.24. The Morgan fingerprint density at radius 3 is 2.43 bits per heavy atom. The van der Waals surface area contributed by atoms with E-state index in [4.69, 9.17) is 14.2 Å². The van der Waals surface area contributed by atoms with Crippen LogP contribution < -0.4 is 4.74 Å². The largest absolute Gasteiger partial charge is 0.492 e. The molecule has 0 saturated carbocycles. The van der Waals surface area contributed by atoms with Crippen LogP contribution in [0.5, 0.6) is 5.75 Å². The van der Waals surface area contributed by atoms with Crippen LogP contribution in [-0.2, 0) is 19.3 Å². The lowest BCUT2D eigenvalue weighted by Gasteiger charge is -2.31. The third kappa shape index (κ3) is 8.21. The van der Waals surface area contributed by atoms with Gasteiger partial charge in [0.1, 0.15) is 5.75 Å². The van der Waals surface area contributed by atoms with E-state index in [2.05, 4.69) is 4.98 Å². The predicted octanol–water partition coefficient (Wildman–Crippen LogP) is 4.44. The van der Waals surface area contributed by atoms with Gasteiger partial charge in [-0.2, -0.15) is 0 Å². The second-order valence-corrected chi connectivity index (χ2v) is 11.4. The minimum absolute atomic E-state index is 0.0612. The first-order valence-corrected chi connectivity index (χ1v) is 13.8. The number of rotatable bonds is 11. The molecule has 1 fully saturated rings. The zero-order chi connectivity index (χ0) is 25.3. The van der Waals surface area contributed by atoms with Crippen LogP contribution in [0.3, 0.4) is 0 Å². The van der Waals surface area contributed by atoms with E-state index in [-0.39, 0.29) is 11.8 Å². The van der Waals surface area contributed by atoms with Crippen LogP contribution in [0.25, 0.3) is 11.3 Å². The summed E-state index contributed by atoms with van der Waals surface area (Å²) in [6, 6.07) is 10.5. The molecular formula is C26H36N2O6S. The Balaban J connectivity index is 1.46. The number of ether oxygens (including phenoxy) is 3. The average molecular weight is 505 g/mol. The van der Waals surface area contributed by atoms with Crippen LogP contribution in [-0.4, -0.2) is 70.2 Å². The molecule has 8 nitrogen and oxygen atoms in total. The molecule has 0 bridgehead atoms. The minimum Gasteiger partial charge on any atom is -0.492 e.